The summed E-state index contributed by atoms with van der Waals surface area (Å²) in [4.78, 5) is 118. The van der Waals surface area contributed by atoms with Crippen molar-refractivity contribution in [1.29, 1.82) is 0 Å². The average molecular weight is 894 g/mol. The van der Waals surface area contributed by atoms with Crippen molar-refractivity contribution in [1.82, 2.24) is 37.2 Å². The number of unbranched alkanes of at least 4 members (excludes halogenated alkanes) is 1. The Balaban J connectivity index is 2.40. The van der Waals surface area contributed by atoms with Crippen LogP contribution in [0.15, 0.2) is 60.7 Å². The molecule has 0 heterocycles. The van der Waals surface area contributed by atoms with Crippen molar-refractivity contribution in [2.75, 3.05) is 6.54 Å². The van der Waals surface area contributed by atoms with Crippen LogP contribution in [0.25, 0.3) is 0 Å². The first kappa shape index (κ1) is 53.8. The molecule has 2 aromatic carbocycles. The Morgan fingerprint density at radius 2 is 1.02 bits per heavy atom. The number of hydrogen-bond acceptors (Lipinski definition) is 10. The number of aliphatic carboxylic acids is 1. The molecular formula is C45H67N9O10. The topological polar surface area (TPSA) is 310 Å². The zero-order chi connectivity index (χ0) is 47.9. The van der Waals surface area contributed by atoms with E-state index >= 15 is 0 Å². The van der Waals surface area contributed by atoms with Gasteiger partial charge in [0, 0.05) is 26.2 Å². The van der Waals surface area contributed by atoms with Crippen LogP contribution in [0.4, 0.5) is 0 Å². The maximum absolute atomic E-state index is 14.3. The Bertz CT molecular complexity index is 1880. The summed E-state index contributed by atoms with van der Waals surface area (Å²) in [5.74, 6) is -7.44. The van der Waals surface area contributed by atoms with Crippen LogP contribution < -0.4 is 48.7 Å². The molecule has 0 spiro atoms. The molecule has 0 saturated carbocycles. The monoisotopic (exact) mass is 894 g/mol. The normalized spacial score (nSPS) is 14.3. The van der Waals surface area contributed by atoms with Crippen molar-refractivity contribution in [3.05, 3.63) is 71.8 Å². The number of nitrogens with one attached hydrogen (secondary N) is 7. The van der Waals surface area contributed by atoms with E-state index in [-0.39, 0.29) is 31.6 Å². The predicted octanol–water partition coefficient (Wildman–Crippen LogP) is 0.0864. The van der Waals surface area contributed by atoms with E-state index in [1.807, 2.05) is 13.8 Å². The van der Waals surface area contributed by atoms with Crippen molar-refractivity contribution < 1.29 is 48.3 Å². The number of carboxylic acid groups (broad SMARTS) is 1. The summed E-state index contributed by atoms with van der Waals surface area (Å²) >= 11 is 0. The number of rotatable bonds is 28. The predicted molar refractivity (Wildman–Crippen MR) is 238 cm³/mol. The molecule has 19 heteroatoms. The third-order valence-corrected chi connectivity index (χ3v) is 10.1. The molecule has 19 nitrogen and oxygen atoms in total. The minimum absolute atomic E-state index is 0.0266. The quantitative estimate of drug-likeness (QED) is 0.0511. The van der Waals surface area contributed by atoms with Crippen molar-refractivity contribution >= 4 is 53.2 Å². The Hall–Kier alpha value is -6.37. The first-order chi connectivity index (χ1) is 30.2. The van der Waals surface area contributed by atoms with Gasteiger partial charge in [-0.3, -0.25) is 43.2 Å². The van der Waals surface area contributed by atoms with Crippen LogP contribution in [-0.4, -0.2) is 107 Å². The first-order valence-electron chi connectivity index (χ1n) is 21.6. The summed E-state index contributed by atoms with van der Waals surface area (Å²) in [6.07, 6.45) is 0.923. The summed E-state index contributed by atoms with van der Waals surface area (Å²) in [5, 5.41) is 27.6. The Morgan fingerprint density at radius 1 is 0.547 bits per heavy atom. The highest BCUT2D eigenvalue weighted by Gasteiger charge is 2.35. The lowest BCUT2D eigenvalue weighted by Gasteiger charge is -2.29. The molecular weight excluding hydrogens is 827 g/mol. The average Bonchev–Trinajstić information content (AvgIpc) is 3.22. The molecule has 64 heavy (non-hydrogen) atoms. The first-order valence-corrected chi connectivity index (χ1v) is 21.6. The van der Waals surface area contributed by atoms with Gasteiger partial charge >= 0.3 is 5.97 Å². The number of primary amides is 1. The number of hydrogen-bond donors (Lipinski definition) is 10. The molecule has 0 aliphatic carbocycles. The number of amides is 8. The summed E-state index contributed by atoms with van der Waals surface area (Å²) < 4.78 is 0. The lowest BCUT2D eigenvalue weighted by molar-refractivity contribution is -0.138. The van der Waals surface area contributed by atoms with Gasteiger partial charge in [-0.2, -0.15) is 0 Å². The van der Waals surface area contributed by atoms with Crippen LogP contribution in [0.2, 0.25) is 0 Å². The molecule has 0 unspecified atom stereocenters. The van der Waals surface area contributed by atoms with E-state index < -0.39 is 108 Å². The summed E-state index contributed by atoms with van der Waals surface area (Å²) in [6.45, 7) is 10.2. The number of carbonyl (C=O) groups is 9. The van der Waals surface area contributed by atoms with E-state index in [9.17, 15) is 43.2 Å². The van der Waals surface area contributed by atoms with Gasteiger partial charge in [-0.15, -0.1) is 0 Å². The second kappa shape index (κ2) is 27.6. The molecule has 2 rings (SSSR count). The molecule has 12 N–H and O–H groups in total. The van der Waals surface area contributed by atoms with Crippen molar-refractivity contribution in [3.8, 4) is 0 Å². The van der Waals surface area contributed by atoms with Gasteiger partial charge in [0.15, 0.2) is 0 Å². The zero-order valence-corrected chi connectivity index (χ0v) is 37.6. The zero-order valence-electron chi connectivity index (χ0n) is 37.6. The molecule has 7 atom stereocenters. The smallest absolute Gasteiger partial charge is 0.303 e. The second-order valence-corrected chi connectivity index (χ2v) is 16.6. The van der Waals surface area contributed by atoms with Crippen molar-refractivity contribution in [2.24, 2.45) is 23.3 Å². The Morgan fingerprint density at radius 3 is 1.48 bits per heavy atom. The summed E-state index contributed by atoms with van der Waals surface area (Å²) in [5.41, 5.74) is 12.3. The number of benzene rings is 2. The van der Waals surface area contributed by atoms with E-state index in [2.05, 4.69) is 37.2 Å². The van der Waals surface area contributed by atoms with Crippen molar-refractivity contribution in [2.45, 2.75) is 135 Å². The second-order valence-electron chi connectivity index (χ2n) is 16.6. The fraction of sp³-hybridized carbons (Fsp3) is 0.533. The van der Waals surface area contributed by atoms with Crippen LogP contribution in [0.1, 0.15) is 91.2 Å². The van der Waals surface area contributed by atoms with Crippen LogP contribution >= 0.6 is 0 Å². The minimum Gasteiger partial charge on any atom is -0.481 e. The van der Waals surface area contributed by atoms with Gasteiger partial charge in [0.2, 0.25) is 47.3 Å². The maximum Gasteiger partial charge on any atom is 0.303 e. The molecule has 0 aliphatic rings. The molecule has 0 aromatic heterocycles. The van der Waals surface area contributed by atoms with Gasteiger partial charge in [0.05, 0.1) is 0 Å². The van der Waals surface area contributed by atoms with Crippen LogP contribution in [0.3, 0.4) is 0 Å². The van der Waals surface area contributed by atoms with E-state index in [0.29, 0.717) is 36.9 Å². The number of carbonyl (C=O) groups excluding carboxylic acids is 8. The molecule has 2 aromatic rings. The lowest BCUT2D eigenvalue weighted by atomic mass is 9.98. The third-order valence-electron chi connectivity index (χ3n) is 10.1. The van der Waals surface area contributed by atoms with Crippen LogP contribution in [0, 0.1) is 11.8 Å². The Labute approximate surface area is 374 Å². The summed E-state index contributed by atoms with van der Waals surface area (Å²) in [7, 11) is 0. The highest BCUT2D eigenvalue weighted by Crippen LogP contribution is 2.12. The maximum atomic E-state index is 14.3. The minimum atomic E-state index is -1.32. The molecule has 0 aliphatic heterocycles. The van der Waals surface area contributed by atoms with Crippen LogP contribution in [-0.2, 0) is 56.0 Å². The SMILES string of the molecule is CC(=O)N[C@@H](CCCCN)C(=O)N[C@@H](CC(C)C)C(=O)N[C@H](C(=O)N[C@@H](Cc1ccccc1)C(=O)N[C@@H](Cc1ccccc1)C(=O)N[C@@H](C)C(=O)N[C@@H](CCC(=O)O)C(N)=O)C(C)C. The standard InChI is InChI=1S/C45H67N9O10/c1-26(2)23-34(51-41(60)33(49-29(6)55)19-13-14-22-46)44(63)54-38(27(3)4)45(64)53-36(25-31-17-11-8-12-18-31)43(62)52-35(24-30-15-9-7-10-16-30)42(61)48-28(5)40(59)50-32(39(47)58)20-21-37(56)57/h7-12,15-18,26-28,32-36,38H,13-14,19-25,46H2,1-6H3,(H2,47,58)(H,48,61)(H,49,55)(H,50,59)(H,51,60)(H,52,62)(H,53,64)(H,54,63)(H,56,57)/t28-,32-,33-,34-,35-,36-,38-/m0/s1. The number of carboxylic acids is 1. The molecule has 8 amide bonds. The molecule has 0 bridgehead atoms. The van der Waals surface area contributed by atoms with E-state index in [4.69, 9.17) is 16.6 Å². The van der Waals surface area contributed by atoms with Crippen LogP contribution in [0.5, 0.6) is 0 Å². The van der Waals surface area contributed by atoms with Gasteiger partial charge < -0.3 is 53.8 Å². The molecule has 352 valence electrons. The molecule has 0 saturated heterocycles. The van der Waals surface area contributed by atoms with E-state index in [1.165, 1.54) is 13.8 Å². The van der Waals surface area contributed by atoms with Crippen molar-refractivity contribution in [3.63, 3.8) is 0 Å². The van der Waals surface area contributed by atoms with Gasteiger partial charge in [-0.05, 0) is 68.5 Å². The van der Waals surface area contributed by atoms with Gasteiger partial charge in [-0.25, -0.2) is 0 Å². The highest BCUT2D eigenvalue weighted by molar-refractivity contribution is 5.97. The largest absolute Gasteiger partial charge is 0.481 e. The molecule has 0 radical (unpaired) electrons. The fourth-order valence-corrected chi connectivity index (χ4v) is 6.65. The van der Waals surface area contributed by atoms with Gasteiger partial charge in [-0.1, -0.05) is 88.4 Å². The van der Waals surface area contributed by atoms with E-state index in [0.717, 1.165) is 0 Å². The van der Waals surface area contributed by atoms with E-state index in [1.54, 1.807) is 74.5 Å². The summed E-state index contributed by atoms with van der Waals surface area (Å²) in [6, 6.07) is 9.16. The third kappa shape index (κ3) is 19.8. The fourth-order valence-electron chi connectivity index (χ4n) is 6.65. The highest BCUT2D eigenvalue weighted by atomic mass is 16.4. The van der Waals surface area contributed by atoms with Gasteiger partial charge in [0.1, 0.15) is 42.3 Å². The van der Waals surface area contributed by atoms with Gasteiger partial charge in [0.25, 0.3) is 0 Å². The number of nitrogens with two attached hydrogens (primary N) is 2. The lowest BCUT2D eigenvalue weighted by Crippen LogP contribution is -2.61. The Kier molecular flexibility index (Phi) is 23.2. The molecule has 0 fully saturated rings.